The normalized spacial score (nSPS) is 10.9. The number of carbonyl (C=O) groups excluding carboxylic acids is 1. The lowest BCUT2D eigenvalue weighted by molar-refractivity contribution is 0.0829. The maximum atomic E-state index is 14.3. The van der Waals surface area contributed by atoms with E-state index in [9.17, 15) is 9.18 Å². The molecule has 4 rings (SSSR count). The van der Waals surface area contributed by atoms with Crippen molar-refractivity contribution in [2.45, 2.75) is 11.8 Å². The molecule has 4 aromatic rings. The van der Waals surface area contributed by atoms with E-state index in [0.717, 1.165) is 27.0 Å². The number of halogens is 1. The fraction of sp³-hybridized carbons (Fsp3) is 0.130. The monoisotopic (exact) mass is 420 g/mol. The zero-order valence-electron chi connectivity index (χ0n) is 16.9. The Balaban J connectivity index is 1.78. The predicted molar refractivity (Wildman–Crippen MR) is 120 cm³/mol. The first-order valence-corrected chi connectivity index (χ1v) is 10.2. The molecule has 30 heavy (non-hydrogen) atoms. The molecule has 0 unspecified atom stereocenters. The van der Waals surface area contributed by atoms with Crippen molar-refractivity contribution >= 4 is 40.1 Å². The minimum atomic E-state index is -0.307. The Bertz CT molecular complexity index is 1220. The quantitative estimate of drug-likeness (QED) is 0.464. The van der Waals surface area contributed by atoms with Gasteiger partial charge in [-0.2, -0.15) is 0 Å². The van der Waals surface area contributed by atoms with Crippen molar-refractivity contribution < 1.29 is 9.18 Å². The summed E-state index contributed by atoms with van der Waals surface area (Å²) < 4.78 is 16.2. The third kappa shape index (κ3) is 4.02. The SMILES string of the molecule is Cc1ccc(Nc2ccc3c(C(=O)N(C)C)cn(Sc4cccnc4)c3c2)c(F)c1. The molecular weight excluding hydrogens is 399 g/mol. The van der Waals surface area contributed by atoms with Gasteiger partial charge in [-0.3, -0.25) is 13.8 Å². The van der Waals surface area contributed by atoms with Gasteiger partial charge >= 0.3 is 0 Å². The number of pyridine rings is 1. The Kier molecular flexibility index (Phi) is 5.46. The molecule has 2 aromatic carbocycles. The molecule has 0 saturated carbocycles. The molecule has 0 aliphatic heterocycles. The van der Waals surface area contributed by atoms with Crippen LogP contribution in [0.15, 0.2) is 72.0 Å². The first-order chi connectivity index (χ1) is 14.4. The lowest BCUT2D eigenvalue weighted by Crippen LogP contribution is -2.21. The zero-order valence-corrected chi connectivity index (χ0v) is 17.7. The van der Waals surface area contributed by atoms with Crippen LogP contribution in [0.2, 0.25) is 0 Å². The first kappa shape index (κ1) is 20.0. The Hall–Kier alpha value is -3.32. The van der Waals surface area contributed by atoms with Crippen LogP contribution in [0.1, 0.15) is 15.9 Å². The average molecular weight is 421 g/mol. The molecule has 5 nitrogen and oxygen atoms in total. The number of fused-ring (bicyclic) bond motifs is 1. The van der Waals surface area contributed by atoms with Gasteiger partial charge in [-0.25, -0.2) is 4.39 Å². The Morgan fingerprint density at radius 1 is 1.17 bits per heavy atom. The van der Waals surface area contributed by atoms with E-state index in [2.05, 4.69) is 10.3 Å². The number of amides is 1. The molecule has 0 saturated heterocycles. The van der Waals surface area contributed by atoms with Crippen molar-refractivity contribution in [3.63, 3.8) is 0 Å². The highest BCUT2D eigenvalue weighted by atomic mass is 32.2. The molecule has 0 bridgehead atoms. The molecule has 0 radical (unpaired) electrons. The molecule has 0 aliphatic carbocycles. The maximum Gasteiger partial charge on any atom is 0.255 e. The van der Waals surface area contributed by atoms with Gasteiger partial charge in [0.2, 0.25) is 0 Å². The third-order valence-corrected chi connectivity index (χ3v) is 5.60. The molecule has 0 atom stereocenters. The maximum absolute atomic E-state index is 14.3. The standard InChI is InChI=1S/C23H21FN4OS/c1-15-6-9-21(20(24)11-15)26-16-7-8-18-19(23(29)27(2)3)14-28(22(18)12-16)30-17-5-4-10-25-13-17/h4-14,26H,1-3H3. The van der Waals surface area contributed by atoms with Gasteiger partial charge < -0.3 is 10.2 Å². The highest BCUT2D eigenvalue weighted by Crippen LogP contribution is 2.32. The largest absolute Gasteiger partial charge is 0.353 e. The van der Waals surface area contributed by atoms with Crippen LogP contribution in [0, 0.1) is 12.7 Å². The lowest BCUT2D eigenvalue weighted by atomic mass is 10.1. The summed E-state index contributed by atoms with van der Waals surface area (Å²) >= 11 is 1.47. The second-order valence-electron chi connectivity index (χ2n) is 7.19. The molecule has 1 N–H and O–H groups in total. The van der Waals surface area contributed by atoms with Crippen molar-refractivity contribution in [1.82, 2.24) is 13.9 Å². The Labute approximate surface area is 178 Å². The fourth-order valence-electron chi connectivity index (χ4n) is 3.15. The molecule has 2 aromatic heterocycles. The fourth-order valence-corrected chi connectivity index (χ4v) is 4.04. The summed E-state index contributed by atoms with van der Waals surface area (Å²) in [7, 11) is 3.46. The molecule has 1 amide bonds. The Morgan fingerprint density at radius 3 is 2.70 bits per heavy atom. The minimum Gasteiger partial charge on any atom is -0.353 e. The van der Waals surface area contributed by atoms with E-state index in [0.29, 0.717) is 11.3 Å². The van der Waals surface area contributed by atoms with Crippen molar-refractivity contribution in [3.05, 3.63) is 84.1 Å². The van der Waals surface area contributed by atoms with Gasteiger partial charge in [-0.15, -0.1) is 0 Å². The summed E-state index contributed by atoms with van der Waals surface area (Å²) in [6.45, 7) is 1.85. The number of hydrogen-bond acceptors (Lipinski definition) is 4. The van der Waals surface area contributed by atoms with E-state index < -0.39 is 0 Å². The summed E-state index contributed by atoms with van der Waals surface area (Å²) in [6.07, 6.45) is 5.32. The summed E-state index contributed by atoms with van der Waals surface area (Å²) in [6, 6.07) is 14.6. The number of benzene rings is 2. The van der Waals surface area contributed by atoms with Gasteiger partial charge in [0.15, 0.2) is 0 Å². The van der Waals surface area contributed by atoms with E-state index >= 15 is 0 Å². The minimum absolute atomic E-state index is 0.0733. The van der Waals surface area contributed by atoms with E-state index in [1.165, 1.54) is 18.0 Å². The van der Waals surface area contributed by atoms with Crippen LogP contribution in [0.25, 0.3) is 10.9 Å². The van der Waals surface area contributed by atoms with Crippen LogP contribution >= 0.6 is 11.9 Å². The van der Waals surface area contributed by atoms with Gasteiger partial charge in [0.25, 0.3) is 5.91 Å². The number of rotatable bonds is 5. The predicted octanol–water partition coefficient (Wildman–Crippen LogP) is 5.48. The number of aryl methyl sites for hydroxylation is 1. The zero-order chi connectivity index (χ0) is 21.3. The highest BCUT2D eigenvalue weighted by Gasteiger charge is 2.18. The summed E-state index contributed by atoms with van der Waals surface area (Å²) in [5.74, 6) is -0.380. The van der Waals surface area contributed by atoms with Crippen LogP contribution in [0.4, 0.5) is 15.8 Å². The molecule has 0 spiro atoms. The molecule has 0 fully saturated rings. The van der Waals surface area contributed by atoms with Gasteiger partial charge in [0.05, 0.1) is 16.8 Å². The second-order valence-corrected chi connectivity index (χ2v) is 8.24. The topological polar surface area (TPSA) is 50.2 Å². The van der Waals surface area contributed by atoms with Crippen LogP contribution in [-0.4, -0.2) is 33.9 Å². The van der Waals surface area contributed by atoms with Crippen LogP contribution in [0.5, 0.6) is 0 Å². The van der Waals surface area contributed by atoms with Gasteiger partial charge in [0.1, 0.15) is 5.82 Å². The van der Waals surface area contributed by atoms with E-state index in [1.54, 1.807) is 37.5 Å². The molecule has 7 heteroatoms. The van der Waals surface area contributed by atoms with Crippen molar-refractivity contribution in [2.24, 2.45) is 0 Å². The van der Waals surface area contributed by atoms with E-state index in [-0.39, 0.29) is 11.7 Å². The van der Waals surface area contributed by atoms with E-state index in [4.69, 9.17) is 0 Å². The van der Waals surface area contributed by atoms with Crippen molar-refractivity contribution in [3.8, 4) is 0 Å². The van der Waals surface area contributed by atoms with Crippen LogP contribution in [0.3, 0.4) is 0 Å². The molecule has 2 heterocycles. The number of aromatic nitrogens is 2. The van der Waals surface area contributed by atoms with Gasteiger partial charge in [-0.1, -0.05) is 6.07 Å². The number of nitrogens with one attached hydrogen (secondary N) is 1. The smallest absolute Gasteiger partial charge is 0.255 e. The van der Waals surface area contributed by atoms with Crippen molar-refractivity contribution in [2.75, 3.05) is 19.4 Å². The van der Waals surface area contributed by atoms with Crippen molar-refractivity contribution in [1.29, 1.82) is 0 Å². The first-order valence-electron chi connectivity index (χ1n) is 9.40. The lowest BCUT2D eigenvalue weighted by Gasteiger charge is -2.10. The number of nitrogens with zero attached hydrogens (tertiary/aromatic N) is 3. The average Bonchev–Trinajstić information content (AvgIpc) is 3.08. The number of hydrogen-bond donors (Lipinski definition) is 1. The van der Waals surface area contributed by atoms with Crippen LogP contribution < -0.4 is 5.32 Å². The summed E-state index contributed by atoms with van der Waals surface area (Å²) in [5.41, 5.74) is 3.47. The van der Waals surface area contributed by atoms with Crippen LogP contribution in [-0.2, 0) is 0 Å². The summed E-state index contributed by atoms with van der Waals surface area (Å²) in [4.78, 5) is 19.4. The van der Waals surface area contributed by atoms with Gasteiger partial charge in [0, 0.05) is 48.7 Å². The molecule has 0 aliphatic rings. The summed E-state index contributed by atoms with van der Waals surface area (Å²) in [5, 5.41) is 3.97. The third-order valence-electron chi connectivity index (χ3n) is 4.65. The Morgan fingerprint density at radius 2 is 2.00 bits per heavy atom. The second kappa shape index (κ2) is 8.20. The van der Waals surface area contributed by atoms with Gasteiger partial charge in [-0.05, 0) is 66.9 Å². The molecular formula is C23H21FN4OS. The highest BCUT2D eigenvalue weighted by molar-refractivity contribution is 7.98. The van der Waals surface area contributed by atoms with E-state index in [1.807, 2.05) is 53.5 Å². The number of anilines is 2. The molecule has 152 valence electrons. The number of carbonyl (C=O) groups is 1.